The average Bonchev–Trinajstić information content (AvgIpc) is 2.47. The first-order valence-electron chi connectivity index (χ1n) is 7.01. The number of benzene rings is 3. The zero-order valence-electron chi connectivity index (χ0n) is 12.2. The molecule has 106 valence electrons. The van der Waals surface area contributed by atoms with Gasteiger partial charge in [-0.15, -0.1) is 0 Å². The van der Waals surface area contributed by atoms with Crippen molar-refractivity contribution in [2.75, 3.05) is 0 Å². The van der Waals surface area contributed by atoms with Crippen LogP contribution in [0.2, 0.25) is 0 Å². The Balaban J connectivity index is 2.47. The first kappa shape index (κ1) is 13.7. The average molecular weight is 278 g/mol. The maximum atomic E-state index is 10.5. The van der Waals surface area contributed by atoms with E-state index in [-0.39, 0.29) is 5.75 Å². The molecule has 0 saturated heterocycles. The summed E-state index contributed by atoms with van der Waals surface area (Å²) < 4.78 is 0. The van der Waals surface area contributed by atoms with E-state index in [0.717, 1.165) is 27.5 Å². The van der Waals surface area contributed by atoms with E-state index in [1.165, 1.54) is 0 Å². The first-order chi connectivity index (χ1) is 9.98. The van der Waals surface area contributed by atoms with E-state index >= 15 is 0 Å². The second-order valence-corrected chi connectivity index (χ2v) is 5.79. The van der Waals surface area contributed by atoms with Gasteiger partial charge in [0.15, 0.2) is 0 Å². The van der Waals surface area contributed by atoms with Crippen LogP contribution in [-0.4, -0.2) is 10.2 Å². The number of aromatic hydroxyl groups is 1. The molecule has 0 unspecified atom stereocenters. The van der Waals surface area contributed by atoms with Crippen molar-refractivity contribution in [2.24, 2.45) is 0 Å². The van der Waals surface area contributed by atoms with Gasteiger partial charge in [0, 0.05) is 5.39 Å². The fourth-order valence-electron chi connectivity index (χ4n) is 2.75. The Bertz CT molecular complexity index is 784. The minimum Gasteiger partial charge on any atom is -0.507 e. The standard InChI is InChI=1S/C19H18O2/c1-19(2,21)16-12-17(20)14-10-6-7-11-15(14)18(16)13-8-4-3-5-9-13/h3-12,20-21H,1-2H3. The summed E-state index contributed by atoms with van der Waals surface area (Å²) in [7, 11) is 0. The van der Waals surface area contributed by atoms with Gasteiger partial charge in [-0.2, -0.15) is 0 Å². The summed E-state index contributed by atoms with van der Waals surface area (Å²) in [6, 6.07) is 19.4. The Hall–Kier alpha value is -2.32. The zero-order valence-corrected chi connectivity index (χ0v) is 12.2. The van der Waals surface area contributed by atoms with Crippen LogP contribution in [0.5, 0.6) is 5.75 Å². The number of aliphatic hydroxyl groups is 1. The molecule has 0 bridgehead atoms. The Morgan fingerprint density at radius 3 is 2.00 bits per heavy atom. The van der Waals surface area contributed by atoms with Gasteiger partial charge >= 0.3 is 0 Å². The van der Waals surface area contributed by atoms with Crippen molar-refractivity contribution in [1.82, 2.24) is 0 Å². The lowest BCUT2D eigenvalue weighted by Gasteiger charge is -2.24. The Morgan fingerprint density at radius 2 is 1.38 bits per heavy atom. The summed E-state index contributed by atoms with van der Waals surface area (Å²) in [4.78, 5) is 0. The van der Waals surface area contributed by atoms with E-state index in [4.69, 9.17) is 0 Å². The maximum Gasteiger partial charge on any atom is 0.123 e. The van der Waals surface area contributed by atoms with Crippen LogP contribution in [-0.2, 0) is 5.60 Å². The molecule has 0 aromatic heterocycles. The van der Waals surface area contributed by atoms with Gasteiger partial charge in [-0.05, 0) is 42.0 Å². The van der Waals surface area contributed by atoms with Gasteiger partial charge in [-0.1, -0.05) is 54.6 Å². The van der Waals surface area contributed by atoms with Gasteiger partial charge in [0.25, 0.3) is 0 Å². The Labute approximate surface area is 124 Å². The first-order valence-corrected chi connectivity index (χ1v) is 7.01. The van der Waals surface area contributed by atoms with Gasteiger partial charge in [-0.25, -0.2) is 0 Å². The van der Waals surface area contributed by atoms with Crippen LogP contribution in [0.25, 0.3) is 21.9 Å². The van der Waals surface area contributed by atoms with Gasteiger partial charge in [0.2, 0.25) is 0 Å². The highest BCUT2D eigenvalue weighted by molar-refractivity contribution is 6.01. The molecule has 21 heavy (non-hydrogen) atoms. The van der Waals surface area contributed by atoms with Crippen LogP contribution in [0.1, 0.15) is 19.4 Å². The third-order valence-electron chi connectivity index (χ3n) is 3.74. The molecule has 2 heteroatoms. The van der Waals surface area contributed by atoms with Crippen LogP contribution < -0.4 is 0 Å². The highest BCUT2D eigenvalue weighted by Gasteiger charge is 2.24. The number of hydrogen-bond donors (Lipinski definition) is 2. The lowest BCUT2D eigenvalue weighted by Crippen LogP contribution is -2.17. The molecule has 0 radical (unpaired) electrons. The van der Waals surface area contributed by atoms with Crippen molar-refractivity contribution in [3.8, 4) is 16.9 Å². The molecule has 0 spiro atoms. The lowest BCUT2D eigenvalue weighted by molar-refractivity contribution is 0.0791. The quantitative estimate of drug-likeness (QED) is 0.727. The summed E-state index contributed by atoms with van der Waals surface area (Å²) in [5.74, 6) is 0.197. The number of hydrogen-bond acceptors (Lipinski definition) is 2. The third kappa shape index (κ3) is 2.39. The molecule has 0 saturated carbocycles. The normalized spacial score (nSPS) is 11.8. The smallest absolute Gasteiger partial charge is 0.123 e. The van der Waals surface area contributed by atoms with Gasteiger partial charge in [0.05, 0.1) is 5.60 Å². The van der Waals surface area contributed by atoms with Crippen LogP contribution in [0.15, 0.2) is 60.7 Å². The highest BCUT2D eigenvalue weighted by atomic mass is 16.3. The molecule has 0 aliphatic heterocycles. The van der Waals surface area contributed by atoms with Gasteiger partial charge in [-0.3, -0.25) is 0 Å². The minimum absolute atomic E-state index is 0.197. The number of rotatable bonds is 2. The predicted molar refractivity (Wildman–Crippen MR) is 86.3 cm³/mol. The maximum absolute atomic E-state index is 10.5. The van der Waals surface area contributed by atoms with Crippen molar-refractivity contribution in [3.05, 3.63) is 66.2 Å². The monoisotopic (exact) mass is 278 g/mol. The van der Waals surface area contributed by atoms with E-state index in [2.05, 4.69) is 0 Å². The number of fused-ring (bicyclic) bond motifs is 1. The number of phenols is 1. The van der Waals surface area contributed by atoms with Crippen LogP contribution in [0.3, 0.4) is 0 Å². The van der Waals surface area contributed by atoms with Crippen LogP contribution in [0.4, 0.5) is 0 Å². The molecule has 0 fully saturated rings. The van der Waals surface area contributed by atoms with Crippen LogP contribution >= 0.6 is 0 Å². The molecule has 2 N–H and O–H groups in total. The van der Waals surface area contributed by atoms with Crippen molar-refractivity contribution < 1.29 is 10.2 Å². The van der Waals surface area contributed by atoms with E-state index in [1.54, 1.807) is 19.9 Å². The molecule has 0 aliphatic rings. The summed E-state index contributed by atoms with van der Waals surface area (Å²) >= 11 is 0. The summed E-state index contributed by atoms with van der Waals surface area (Å²) in [6.45, 7) is 3.48. The van der Waals surface area contributed by atoms with Crippen molar-refractivity contribution in [2.45, 2.75) is 19.4 Å². The van der Waals surface area contributed by atoms with E-state index < -0.39 is 5.60 Å². The Kier molecular flexibility index (Phi) is 3.19. The molecule has 3 aromatic carbocycles. The predicted octanol–water partition coefficient (Wildman–Crippen LogP) is 4.44. The largest absolute Gasteiger partial charge is 0.507 e. The molecular weight excluding hydrogens is 260 g/mol. The lowest BCUT2D eigenvalue weighted by atomic mass is 9.85. The SMILES string of the molecule is CC(C)(O)c1cc(O)c2ccccc2c1-c1ccccc1. The van der Waals surface area contributed by atoms with E-state index in [0.29, 0.717) is 0 Å². The molecule has 0 heterocycles. The van der Waals surface area contributed by atoms with E-state index in [9.17, 15) is 10.2 Å². The van der Waals surface area contributed by atoms with Crippen LogP contribution in [0, 0.1) is 0 Å². The highest BCUT2D eigenvalue weighted by Crippen LogP contribution is 2.41. The van der Waals surface area contributed by atoms with Crippen molar-refractivity contribution in [3.63, 3.8) is 0 Å². The molecule has 2 nitrogen and oxygen atoms in total. The summed E-state index contributed by atoms with van der Waals surface area (Å²) in [6.07, 6.45) is 0. The topological polar surface area (TPSA) is 40.5 Å². The fourth-order valence-corrected chi connectivity index (χ4v) is 2.75. The van der Waals surface area contributed by atoms with Gasteiger partial charge < -0.3 is 10.2 Å². The molecule has 3 aromatic rings. The second-order valence-electron chi connectivity index (χ2n) is 5.79. The molecule has 0 atom stereocenters. The third-order valence-corrected chi connectivity index (χ3v) is 3.74. The minimum atomic E-state index is -1.04. The van der Waals surface area contributed by atoms with Crippen molar-refractivity contribution >= 4 is 10.8 Å². The number of phenolic OH excluding ortho intramolecular Hbond substituents is 1. The van der Waals surface area contributed by atoms with E-state index in [1.807, 2.05) is 54.6 Å². The fraction of sp³-hybridized carbons (Fsp3) is 0.158. The molecule has 0 aliphatic carbocycles. The Morgan fingerprint density at radius 1 is 0.810 bits per heavy atom. The summed E-state index contributed by atoms with van der Waals surface area (Å²) in [5, 5.41) is 22.5. The summed E-state index contributed by atoms with van der Waals surface area (Å²) in [5.41, 5.74) is 1.69. The van der Waals surface area contributed by atoms with Crippen molar-refractivity contribution in [1.29, 1.82) is 0 Å². The molecule has 3 rings (SSSR count). The zero-order chi connectivity index (χ0) is 15.0. The molecular formula is C19H18O2. The molecule has 0 amide bonds. The van der Waals surface area contributed by atoms with Gasteiger partial charge in [0.1, 0.15) is 5.75 Å². The second kappa shape index (κ2) is 4.90.